The van der Waals surface area contributed by atoms with Crippen LogP contribution in [0.5, 0.6) is 11.5 Å². The van der Waals surface area contributed by atoms with E-state index in [1.165, 1.54) is 24.8 Å². The van der Waals surface area contributed by atoms with Gasteiger partial charge in [-0.1, -0.05) is 13.3 Å². The van der Waals surface area contributed by atoms with Crippen molar-refractivity contribution in [1.82, 2.24) is 5.32 Å². The van der Waals surface area contributed by atoms with Gasteiger partial charge >= 0.3 is 0 Å². The summed E-state index contributed by atoms with van der Waals surface area (Å²) in [6.07, 6.45) is 4.95. The predicted molar refractivity (Wildman–Crippen MR) is 81.0 cm³/mol. The normalized spacial score (nSPS) is 15.1. The molecule has 0 amide bonds. The smallest absolute Gasteiger partial charge is 0.175 e. The van der Waals surface area contributed by atoms with E-state index in [1.807, 2.05) is 0 Å². The molecule has 0 aromatic heterocycles. The minimum atomic E-state index is 0.695. The summed E-state index contributed by atoms with van der Waals surface area (Å²) in [7, 11) is 1.68. The van der Waals surface area contributed by atoms with Crippen LogP contribution in [0.2, 0.25) is 0 Å². The minimum absolute atomic E-state index is 0.695. The van der Waals surface area contributed by atoms with E-state index in [1.54, 1.807) is 7.11 Å². The van der Waals surface area contributed by atoms with Crippen LogP contribution in [-0.2, 0) is 6.54 Å². The Labute approximate surface area is 123 Å². The van der Waals surface area contributed by atoms with Gasteiger partial charge in [-0.05, 0) is 52.9 Å². The van der Waals surface area contributed by atoms with Crippen LogP contribution in [0, 0.1) is 0 Å². The summed E-state index contributed by atoms with van der Waals surface area (Å²) < 4.78 is 12.1. The summed E-state index contributed by atoms with van der Waals surface area (Å²) in [5.41, 5.74) is 1.22. The van der Waals surface area contributed by atoms with Gasteiger partial charge in [0.15, 0.2) is 11.5 Å². The number of hydrogen-bond donors (Lipinski definition) is 1. The zero-order chi connectivity index (χ0) is 13.7. The maximum absolute atomic E-state index is 5.73. The number of rotatable bonds is 7. The third kappa shape index (κ3) is 3.86. The van der Waals surface area contributed by atoms with Gasteiger partial charge in [0.25, 0.3) is 0 Å². The van der Waals surface area contributed by atoms with Crippen LogP contribution in [0.25, 0.3) is 0 Å². The lowest BCUT2D eigenvalue weighted by molar-refractivity contribution is 0.292. The number of ether oxygens (including phenoxy) is 2. The Morgan fingerprint density at radius 1 is 1.37 bits per heavy atom. The van der Waals surface area contributed by atoms with Crippen molar-refractivity contribution in [3.05, 3.63) is 22.2 Å². The Hall–Kier alpha value is -0.740. The molecule has 1 aliphatic rings. The maximum atomic E-state index is 5.73. The average molecular weight is 328 g/mol. The van der Waals surface area contributed by atoms with E-state index in [4.69, 9.17) is 9.47 Å². The molecule has 4 heteroatoms. The summed E-state index contributed by atoms with van der Waals surface area (Å²) in [5, 5.41) is 3.56. The molecule has 0 saturated heterocycles. The van der Waals surface area contributed by atoms with E-state index >= 15 is 0 Å². The molecule has 0 spiro atoms. The van der Waals surface area contributed by atoms with E-state index < -0.39 is 0 Å². The third-order valence-corrected chi connectivity index (χ3v) is 4.03. The minimum Gasteiger partial charge on any atom is -0.493 e. The number of methoxy groups -OCH3 is 1. The molecule has 19 heavy (non-hydrogen) atoms. The number of halogens is 1. The molecule has 1 fully saturated rings. The van der Waals surface area contributed by atoms with Crippen molar-refractivity contribution in [1.29, 1.82) is 0 Å². The van der Waals surface area contributed by atoms with Crippen molar-refractivity contribution in [3.63, 3.8) is 0 Å². The van der Waals surface area contributed by atoms with Gasteiger partial charge < -0.3 is 14.8 Å². The molecule has 3 nitrogen and oxygen atoms in total. The first-order valence-corrected chi connectivity index (χ1v) is 7.76. The van der Waals surface area contributed by atoms with Crippen LogP contribution in [0.15, 0.2) is 16.6 Å². The van der Waals surface area contributed by atoms with Crippen molar-refractivity contribution in [2.45, 2.75) is 45.2 Å². The fraction of sp³-hybridized carbons (Fsp3) is 0.600. The van der Waals surface area contributed by atoms with Crippen molar-refractivity contribution in [2.24, 2.45) is 0 Å². The second-order valence-electron chi connectivity index (χ2n) is 4.97. The summed E-state index contributed by atoms with van der Waals surface area (Å²) in [4.78, 5) is 0. The SMILES string of the molecule is CCCOc1c(Br)cc(CNC2CCC2)cc1OC. The molecule has 0 heterocycles. The number of nitrogens with one attached hydrogen (secondary N) is 1. The highest BCUT2D eigenvalue weighted by molar-refractivity contribution is 9.10. The first kappa shape index (κ1) is 14.7. The first-order chi connectivity index (χ1) is 9.24. The van der Waals surface area contributed by atoms with Crippen LogP contribution in [-0.4, -0.2) is 19.8 Å². The highest BCUT2D eigenvalue weighted by Crippen LogP contribution is 2.36. The zero-order valence-corrected chi connectivity index (χ0v) is 13.3. The second-order valence-corrected chi connectivity index (χ2v) is 5.82. The van der Waals surface area contributed by atoms with Gasteiger partial charge in [0.1, 0.15) is 0 Å². The largest absolute Gasteiger partial charge is 0.493 e. The van der Waals surface area contributed by atoms with E-state index in [0.717, 1.165) is 28.9 Å². The van der Waals surface area contributed by atoms with Gasteiger partial charge in [-0.3, -0.25) is 0 Å². The Kier molecular flexibility index (Phi) is 5.52. The fourth-order valence-electron chi connectivity index (χ4n) is 2.09. The number of hydrogen-bond acceptors (Lipinski definition) is 3. The lowest BCUT2D eigenvalue weighted by Gasteiger charge is -2.26. The molecule has 1 N–H and O–H groups in total. The Morgan fingerprint density at radius 2 is 2.16 bits per heavy atom. The Balaban J connectivity index is 2.05. The molecule has 1 aromatic carbocycles. The highest BCUT2D eigenvalue weighted by Gasteiger charge is 2.17. The first-order valence-electron chi connectivity index (χ1n) is 6.97. The van der Waals surface area contributed by atoms with Crippen molar-refractivity contribution in [2.75, 3.05) is 13.7 Å². The van der Waals surface area contributed by atoms with Gasteiger partial charge in [-0.15, -0.1) is 0 Å². The molecule has 0 aliphatic heterocycles. The van der Waals surface area contributed by atoms with E-state index in [-0.39, 0.29) is 0 Å². The summed E-state index contributed by atoms with van der Waals surface area (Å²) >= 11 is 3.57. The Morgan fingerprint density at radius 3 is 2.74 bits per heavy atom. The van der Waals surface area contributed by atoms with E-state index in [2.05, 4.69) is 40.3 Å². The lowest BCUT2D eigenvalue weighted by Crippen LogP contribution is -2.34. The van der Waals surface area contributed by atoms with Crippen molar-refractivity contribution >= 4 is 15.9 Å². The molecule has 1 aromatic rings. The highest BCUT2D eigenvalue weighted by atomic mass is 79.9. The molecule has 0 bridgehead atoms. The van der Waals surface area contributed by atoms with Crippen molar-refractivity contribution < 1.29 is 9.47 Å². The lowest BCUT2D eigenvalue weighted by atomic mass is 9.93. The van der Waals surface area contributed by atoms with Crippen LogP contribution < -0.4 is 14.8 Å². The molecule has 0 unspecified atom stereocenters. The predicted octanol–water partition coefficient (Wildman–Crippen LogP) is 3.89. The average Bonchev–Trinajstić information content (AvgIpc) is 2.35. The molecule has 1 aliphatic carbocycles. The van der Waals surface area contributed by atoms with Gasteiger partial charge in [-0.25, -0.2) is 0 Å². The van der Waals surface area contributed by atoms with Gasteiger partial charge in [0, 0.05) is 12.6 Å². The molecule has 2 rings (SSSR count). The fourth-order valence-corrected chi connectivity index (χ4v) is 2.70. The van der Waals surface area contributed by atoms with E-state index in [9.17, 15) is 0 Å². The summed E-state index contributed by atoms with van der Waals surface area (Å²) in [5.74, 6) is 1.60. The maximum Gasteiger partial charge on any atom is 0.175 e. The van der Waals surface area contributed by atoms with E-state index in [0.29, 0.717) is 12.6 Å². The molecule has 106 valence electrons. The van der Waals surface area contributed by atoms with Gasteiger partial charge in [0.05, 0.1) is 18.2 Å². The molecule has 0 radical (unpaired) electrons. The van der Waals surface area contributed by atoms with Crippen LogP contribution in [0.4, 0.5) is 0 Å². The van der Waals surface area contributed by atoms with Crippen LogP contribution in [0.3, 0.4) is 0 Å². The van der Waals surface area contributed by atoms with Gasteiger partial charge in [-0.2, -0.15) is 0 Å². The summed E-state index contributed by atoms with van der Waals surface area (Å²) in [6.45, 7) is 3.68. The monoisotopic (exact) mass is 327 g/mol. The van der Waals surface area contributed by atoms with Gasteiger partial charge in [0.2, 0.25) is 0 Å². The van der Waals surface area contributed by atoms with Crippen LogP contribution in [0.1, 0.15) is 38.2 Å². The second kappa shape index (κ2) is 7.15. The molecular formula is C15H22BrNO2. The molecule has 0 atom stereocenters. The van der Waals surface area contributed by atoms with Crippen molar-refractivity contribution in [3.8, 4) is 11.5 Å². The number of benzene rings is 1. The van der Waals surface area contributed by atoms with Crippen LogP contribution >= 0.6 is 15.9 Å². The molecular weight excluding hydrogens is 306 g/mol. The molecule has 1 saturated carbocycles. The zero-order valence-electron chi connectivity index (χ0n) is 11.7. The standard InChI is InChI=1S/C15H22BrNO2/c1-3-7-19-15-13(16)8-11(9-14(15)18-2)10-17-12-5-4-6-12/h8-9,12,17H,3-7,10H2,1-2H3. The Bertz CT molecular complexity index is 419. The quantitative estimate of drug-likeness (QED) is 0.824. The third-order valence-electron chi connectivity index (χ3n) is 3.44. The topological polar surface area (TPSA) is 30.5 Å². The summed E-state index contributed by atoms with van der Waals surface area (Å²) in [6, 6.07) is 4.86.